The van der Waals surface area contributed by atoms with Crippen molar-refractivity contribution in [3.8, 4) is 0 Å². The molecular weight excluding hydrogens is 498 g/mol. The molecule has 0 aliphatic carbocycles. The van der Waals surface area contributed by atoms with Gasteiger partial charge in [-0.05, 0) is 52.8 Å². The first-order valence-corrected chi connectivity index (χ1v) is 15.4. The summed E-state index contributed by atoms with van der Waals surface area (Å²) in [7, 11) is -2.10. The van der Waals surface area contributed by atoms with Crippen molar-refractivity contribution in [2.24, 2.45) is 0 Å². The smallest absolute Gasteiger partial charge is 0.423 e. The Kier molecular flexibility index (Phi) is 6.64. The fourth-order valence-electron chi connectivity index (χ4n) is 4.28. The molecule has 2 aliphatic rings. The molecule has 12 nitrogen and oxygen atoms in total. The molecule has 0 bridgehead atoms. The fourth-order valence-corrected chi connectivity index (χ4v) is 5.30. The Morgan fingerprint density at radius 3 is 2.35 bits per heavy atom. The Morgan fingerprint density at radius 2 is 1.76 bits per heavy atom. The summed E-state index contributed by atoms with van der Waals surface area (Å²) in [5, 5.41) is 0.00291. The zero-order valence-corrected chi connectivity index (χ0v) is 24.3. The lowest BCUT2D eigenvalue weighted by atomic mass is 10.1. The van der Waals surface area contributed by atoms with Crippen LogP contribution in [0.3, 0.4) is 0 Å². The van der Waals surface area contributed by atoms with Crippen molar-refractivity contribution in [1.29, 1.82) is 0 Å². The zero-order chi connectivity index (χ0) is 27.7. The maximum Gasteiger partial charge on any atom is 0.423 e. The number of carbonyl (C=O) groups is 1. The average Bonchev–Trinajstić information content (AvgIpc) is 3.31. The summed E-state index contributed by atoms with van der Waals surface area (Å²) in [4.78, 5) is 35.1. The number of hydrogen-bond donors (Lipinski definition) is 1. The molecule has 4 atom stereocenters. The first-order chi connectivity index (χ1) is 16.8. The van der Waals surface area contributed by atoms with E-state index in [1.165, 1.54) is 10.9 Å². The van der Waals surface area contributed by atoms with Crippen LogP contribution in [0.2, 0.25) is 18.1 Å². The van der Waals surface area contributed by atoms with Crippen molar-refractivity contribution in [1.82, 2.24) is 19.1 Å². The molecule has 2 aromatic heterocycles. The second kappa shape index (κ2) is 8.87. The third-order valence-electron chi connectivity index (χ3n) is 7.05. The molecule has 4 heterocycles. The number of aromatic nitrogens is 4. The van der Waals surface area contributed by atoms with Crippen LogP contribution in [0.25, 0.3) is 11.2 Å². The quantitative estimate of drug-likeness (QED) is 0.577. The molecular formula is C24H39N5O7Si. The maximum absolute atomic E-state index is 13.8. The SMILES string of the molecule is CC(C)(C)OC(=O)n1c(=O)n([C@@H]2O[C@H](CO[Si](C)(C)C(C)(C)C)[C@H]3OC(C)(C)O[C@H]32)c2ncnc(N)c21. The number of nitrogens with zero attached hydrogens (tertiary/aromatic N) is 4. The molecule has 0 aromatic carbocycles. The summed E-state index contributed by atoms with van der Waals surface area (Å²) in [5.41, 5.74) is 4.72. The van der Waals surface area contributed by atoms with Gasteiger partial charge in [-0.1, -0.05) is 20.8 Å². The molecule has 2 fully saturated rings. The molecule has 0 amide bonds. The second-order valence-corrected chi connectivity index (χ2v) is 17.4. The number of ether oxygens (including phenoxy) is 4. The van der Waals surface area contributed by atoms with E-state index in [0.717, 1.165) is 4.57 Å². The van der Waals surface area contributed by atoms with Crippen molar-refractivity contribution in [3.05, 3.63) is 16.8 Å². The minimum absolute atomic E-state index is 0.00291. The fraction of sp³-hybridized carbons (Fsp3) is 0.750. The maximum atomic E-state index is 13.8. The Labute approximate surface area is 217 Å². The van der Waals surface area contributed by atoms with E-state index in [0.29, 0.717) is 0 Å². The molecule has 0 spiro atoms. The van der Waals surface area contributed by atoms with Crippen molar-refractivity contribution in [2.75, 3.05) is 12.3 Å². The monoisotopic (exact) mass is 537 g/mol. The third kappa shape index (κ3) is 5.07. The predicted octanol–water partition coefficient (Wildman–Crippen LogP) is 3.40. The van der Waals surface area contributed by atoms with Gasteiger partial charge in [0.05, 0.1) is 6.61 Å². The van der Waals surface area contributed by atoms with Gasteiger partial charge in [0.15, 0.2) is 31.8 Å². The van der Waals surface area contributed by atoms with Gasteiger partial charge in [0.25, 0.3) is 0 Å². The van der Waals surface area contributed by atoms with Gasteiger partial charge in [-0.15, -0.1) is 0 Å². The molecule has 2 aromatic rings. The van der Waals surface area contributed by atoms with Gasteiger partial charge >= 0.3 is 11.8 Å². The topological polar surface area (TPSA) is 142 Å². The molecule has 37 heavy (non-hydrogen) atoms. The first kappa shape index (κ1) is 27.7. The van der Waals surface area contributed by atoms with E-state index in [4.69, 9.17) is 29.1 Å². The van der Waals surface area contributed by atoms with Crippen LogP contribution in [0.1, 0.15) is 61.6 Å². The van der Waals surface area contributed by atoms with Crippen LogP contribution in [-0.2, 0) is 23.4 Å². The number of imidazole rings is 1. The average molecular weight is 538 g/mol. The molecule has 0 saturated carbocycles. The predicted molar refractivity (Wildman–Crippen MR) is 139 cm³/mol. The van der Waals surface area contributed by atoms with Crippen LogP contribution in [0.15, 0.2) is 11.1 Å². The van der Waals surface area contributed by atoms with Gasteiger partial charge in [0, 0.05) is 0 Å². The molecule has 206 valence electrons. The summed E-state index contributed by atoms with van der Waals surface area (Å²) >= 11 is 0. The molecule has 0 radical (unpaired) electrons. The number of nitrogen functional groups attached to an aromatic ring is 1. The van der Waals surface area contributed by atoms with Gasteiger partial charge in [0.1, 0.15) is 35.8 Å². The second-order valence-electron chi connectivity index (χ2n) is 12.6. The minimum atomic E-state index is -2.10. The molecule has 2 saturated heterocycles. The van der Waals surface area contributed by atoms with E-state index in [1.807, 2.05) is 0 Å². The summed E-state index contributed by atoms with van der Waals surface area (Å²) in [6.45, 7) is 19.8. The van der Waals surface area contributed by atoms with Crippen LogP contribution in [0.5, 0.6) is 0 Å². The number of rotatable bonds is 4. The van der Waals surface area contributed by atoms with E-state index < -0.39 is 56.0 Å². The van der Waals surface area contributed by atoms with Crippen molar-refractivity contribution < 1.29 is 28.2 Å². The van der Waals surface area contributed by atoms with Crippen LogP contribution in [-0.4, -0.2) is 69.8 Å². The van der Waals surface area contributed by atoms with E-state index in [9.17, 15) is 9.59 Å². The van der Waals surface area contributed by atoms with Crippen LogP contribution < -0.4 is 11.4 Å². The number of nitrogens with two attached hydrogens (primary N) is 1. The van der Waals surface area contributed by atoms with Crippen LogP contribution in [0, 0.1) is 0 Å². The van der Waals surface area contributed by atoms with Crippen molar-refractivity contribution in [3.63, 3.8) is 0 Å². The zero-order valence-electron chi connectivity index (χ0n) is 23.3. The lowest BCUT2D eigenvalue weighted by Crippen LogP contribution is -2.44. The number of anilines is 1. The minimum Gasteiger partial charge on any atom is -0.443 e. The van der Waals surface area contributed by atoms with E-state index in [-0.39, 0.29) is 28.6 Å². The van der Waals surface area contributed by atoms with Crippen molar-refractivity contribution >= 4 is 31.4 Å². The van der Waals surface area contributed by atoms with Gasteiger partial charge in [0.2, 0.25) is 0 Å². The highest BCUT2D eigenvalue weighted by Gasteiger charge is 2.57. The lowest BCUT2D eigenvalue weighted by Gasteiger charge is -2.37. The standard InChI is InChI=1S/C24H39N5O7Si/c1-22(2,3)36-21(31)28-14-17(25)26-12-27-18(14)29(20(28)30)19-16-15(34-24(7,8)35-16)13(33-19)11-32-37(9,10)23(4,5)6/h12-13,15-16,19H,11H2,1-10H3,(H2,25,26,27)/t13-,15-,16-,19-/m1/s1. The lowest BCUT2D eigenvalue weighted by molar-refractivity contribution is -0.199. The number of hydrogen-bond acceptors (Lipinski definition) is 10. The van der Waals surface area contributed by atoms with Gasteiger partial charge in [-0.25, -0.2) is 24.1 Å². The van der Waals surface area contributed by atoms with E-state index in [1.54, 1.807) is 34.6 Å². The van der Waals surface area contributed by atoms with Crippen LogP contribution >= 0.6 is 0 Å². The number of carbonyl (C=O) groups excluding carboxylic acids is 1. The summed E-state index contributed by atoms with van der Waals surface area (Å²) in [6.07, 6.45) is -2.29. The van der Waals surface area contributed by atoms with Gasteiger partial charge in [-0.3, -0.25) is 0 Å². The first-order valence-electron chi connectivity index (χ1n) is 12.4. The third-order valence-corrected chi connectivity index (χ3v) is 11.6. The molecule has 0 unspecified atom stereocenters. The Morgan fingerprint density at radius 1 is 1.14 bits per heavy atom. The van der Waals surface area contributed by atoms with E-state index in [2.05, 4.69) is 43.8 Å². The van der Waals surface area contributed by atoms with Gasteiger partial charge < -0.3 is 29.1 Å². The highest BCUT2D eigenvalue weighted by molar-refractivity contribution is 6.74. The van der Waals surface area contributed by atoms with Crippen molar-refractivity contribution in [2.45, 2.75) is 109 Å². The summed E-state index contributed by atoms with van der Waals surface area (Å²) in [5.74, 6) is -0.948. The Bertz CT molecular complexity index is 1260. The number of fused-ring (bicyclic) bond motifs is 2. The highest BCUT2D eigenvalue weighted by atomic mass is 28.4. The highest BCUT2D eigenvalue weighted by Crippen LogP contribution is 2.44. The van der Waals surface area contributed by atoms with Crippen LogP contribution in [0.4, 0.5) is 10.6 Å². The molecule has 13 heteroatoms. The largest absolute Gasteiger partial charge is 0.443 e. The Balaban J connectivity index is 1.77. The summed E-state index contributed by atoms with van der Waals surface area (Å²) in [6, 6.07) is 0. The summed E-state index contributed by atoms with van der Waals surface area (Å²) < 4.78 is 32.8. The van der Waals surface area contributed by atoms with E-state index >= 15 is 0 Å². The van der Waals surface area contributed by atoms with Gasteiger partial charge in [-0.2, -0.15) is 4.57 Å². The molecule has 4 rings (SSSR count). The molecule has 2 aliphatic heterocycles. The normalized spacial score (nSPS) is 26.0. The molecule has 2 N–H and O–H groups in total. The Hall–Kier alpha value is -2.32.